The number of benzene rings is 1. The Balaban J connectivity index is 1.95. The Bertz CT molecular complexity index is 678. The summed E-state index contributed by atoms with van der Waals surface area (Å²) in [6.07, 6.45) is 21.8. The molecule has 0 fully saturated rings. The van der Waals surface area contributed by atoms with Gasteiger partial charge in [-0.15, -0.1) is 0 Å². The number of carboxylic acids is 1. The quantitative estimate of drug-likeness (QED) is 0.149. The van der Waals surface area contributed by atoms with Gasteiger partial charge in [0.2, 0.25) is 0 Å². The number of carboxylic acid groups (broad SMARTS) is 1. The van der Waals surface area contributed by atoms with Crippen molar-refractivity contribution in [3.63, 3.8) is 0 Å². The smallest absolute Gasteiger partial charge is 0.303 e. The van der Waals surface area contributed by atoms with E-state index in [0.29, 0.717) is 30.1 Å². The van der Waals surface area contributed by atoms with Crippen LogP contribution in [0.15, 0.2) is 42.5 Å². The first-order valence-corrected chi connectivity index (χ1v) is 11.4. The average Bonchev–Trinajstić information content (AvgIpc) is 2.78. The van der Waals surface area contributed by atoms with Gasteiger partial charge in [-0.05, 0) is 69.6 Å². The maximum absolute atomic E-state index is 10.8. The number of rotatable bonds is 19. The van der Waals surface area contributed by atoms with E-state index in [4.69, 9.17) is 14.6 Å². The Morgan fingerprint density at radius 1 is 0.871 bits per heavy atom. The van der Waals surface area contributed by atoms with Crippen LogP contribution in [-0.2, 0) is 4.79 Å². The average molecular weight is 431 g/mol. The minimum absolute atomic E-state index is 0.299. The molecule has 0 spiro atoms. The van der Waals surface area contributed by atoms with Gasteiger partial charge in [0.1, 0.15) is 6.29 Å². The van der Waals surface area contributed by atoms with E-state index in [2.05, 4.69) is 24.3 Å². The molecule has 0 heterocycles. The van der Waals surface area contributed by atoms with Crippen LogP contribution in [0.25, 0.3) is 0 Å². The lowest BCUT2D eigenvalue weighted by atomic mass is 10.1. The fourth-order valence-electron chi connectivity index (χ4n) is 3.18. The first-order valence-electron chi connectivity index (χ1n) is 11.4. The number of hydrogen-bond acceptors (Lipinski definition) is 4. The number of carbonyl (C=O) groups excluding carboxylic acids is 1. The molecule has 0 atom stereocenters. The summed E-state index contributed by atoms with van der Waals surface area (Å²) in [7, 11) is 1.58. The van der Waals surface area contributed by atoms with Gasteiger partial charge in [0.05, 0.1) is 13.7 Å². The van der Waals surface area contributed by atoms with Gasteiger partial charge in [0, 0.05) is 12.0 Å². The third-order valence-electron chi connectivity index (χ3n) is 4.96. The number of unbranched alkanes of at least 4 members (excludes halogenated alkanes) is 8. The molecule has 0 aromatic heterocycles. The molecule has 1 rings (SSSR count). The molecule has 0 aliphatic carbocycles. The van der Waals surface area contributed by atoms with Crippen LogP contribution in [0.5, 0.6) is 11.5 Å². The van der Waals surface area contributed by atoms with E-state index in [1.165, 1.54) is 12.8 Å². The minimum Gasteiger partial charge on any atom is -0.493 e. The SMILES string of the molecule is COc1cc(C=O)ccc1OCCCCC/C=C\C/C=C\CCCCCCCC(=O)O. The molecule has 31 heavy (non-hydrogen) atoms. The highest BCUT2D eigenvalue weighted by molar-refractivity contribution is 5.76. The van der Waals surface area contributed by atoms with Crippen LogP contribution < -0.4 is 9.47 Å². The number of aldehydes is 1. The standard InChI is InChI=1S/C26H38O5/c1-30-25-21-23(22-27)18-19-24(25)31-20-16-14-12-10-8-6-4-2-3-5-7-9-11-13-15-17-26(28)29/h2-3,6,8,18-19,21-22H,4-5,7,9-17,20H2,1H3,(H,28,29)/b3-2-,8-6-. The topological polar surface area (TPSA) is 72.8 Å². The van der Waals surface area contributed by atoms with Gasteiger partial charge < -0.3 is 14.6 Å². The predicted molar refractivity (Wildman–Crippen MR) is 125 cm³/mol. The monoisotopic (exact) mass is 430 g/mol. The van der Waals surface area contributed by atoms with E-state index in [9.17, 15) is 9.59 Å². The summed E-state index contributed by atoms with van der Waals surface area (Å²) in [5, 5.41) is 8.58. The van der Waals surface area contributed by atoms with Crippen LogP contribution in [0.3, 0.4) is 0 Å². The number of aliphatic carboxylic acids is 1. The predicted octanol–water partition coefficient (Wildman–Crippen LogP) is 6.76. The third-order valence-corrected chi connectivity index (χ3v) is 4.96. The zero-order valence-corrected chi connectivity index (χ0v) is 18.9. The molecule has 172 valence electrons. The van der Waals surface area contributed by atoms with Gasteiger partial charge in [0.15, 0.2) is 11.5 Å². The summed E-state index contributed by atoms with van der Waals surface area (Å²) in [6.45, 7) is 0.642. The maximum Gasteiger partial charge on any atom is 0.303 e. The highest BCUT2D eigenvalue weighted by Crippen LogP contribution is 2.27. The lowest BCUT2D eigenvalue weighted by Gasteiger charge is -2.10. The fourth-order valence-corrected chi connectivity index (χ4v) is 3.18. The number of allylic oxidation sites excluding steroid dienone is 4. The summed E-state index contributed by atoms with van der Waals surface area (Å²) in [5.41, 5.74) is 0.579. The van der Waals surface area contributed by atoms with Gasteiger partial charge in [-0.3, -0.25) is 9.59 Å². The first kappa shape index (κ1) is 26.5. The van der Waals surface area contributed by atoms with Crippen molar-refractivity contribution in [2.45, 2.75) is 77.0 Å². The molecule has 0 aliphatic heterocycles. The lowest BCUT2D eigenvalue weighted by Crippen LogP contribution is -1.99. The van der Waals surface area contributed by atoms with E-state index in [-0.39, 0.29) is 0 Å². The van der Waals surface area contributed by atoms with Crippen molar-refractivity contribution in [2.75, 3.05) is 13.7 Å². The van der Waals surface area contributed by atoms with Crippen molar-refractivity contribution in [1.82, 2.24) is 0 Å². The number of ether oxygens (including phenoxy) is 2. The second-order valence-corrected chi connectivity index (χ2v) is 7.60. The summed E-state index contributed by atoms with van der Waals surface area (Å²) < 4.78 is 11.0. The Hall–Kier alpha value is -2.56. The largest absolute Gasteiger partial charge is 0.493 e. The van der Waals surface area contributed by atoms with Crippen molar-refractivity contribution in [1.29, 1.82) is 0 Å². The van der Waals surface area contributed by atoms with Crippen molar-refractivity contribution in [2.24, 2.45) is 0 Å². The van der Waals surface area contributed by atoms with Crippen LogP contribution in [0, 0.1) is 0 Å². The van der Waals surface area contributed by atoms with Crippen molar-refractivity contribution < 1.29 is 24.2 Å². The van der Waals surface area contributed by atoms with E-state index < -0.39 is 5.97 Å². The zero-order chi connectivity index (χ0) is 22.6. The molecule has 1 aromatic rings. The van der Waals surface area contributed by atoms with E-state index in [1.807, 2.05) is 0 Å². The molecule has 0 saturated heterocycles. The lowest BCUT2D eigenvalue weighted by molar-refractivity contribution is -0.137. The molecule has 0 saturated carbocycles. The van der Waals surface area contributed by atoms with Crippen LogP contribution in [0.4, 0.5) is 0 Å². The molecular formula is C26H38O5. The van der Waals surface area contributed by atoms with Gasteiger partial charge in [-0.1, -0.05) is 43.6 Å². The molecule has 0 bridgehead atoms. The van der Waals surface area contributed by atoms with Gasteiger partial charge in [-0.25, -0.2) is 0 Å². The van der Waals surface area contributed by atoms with Gasteiger partial charge in [-0.2, -0.15) is 0 Å². The van der Waals surface area contributed by atoms with Crippen LogP contribution in [-0.4, -0.2) is 31.1 Å². The highest BCUT2D eigenvalue weighted by Gasteiger charge is 2.05. The molecule has 0 radical (unpaired) electrons. The normalized spacial score (nSPS) is 11.3. The Morgan fingerprint density at radius 2 is 1.52 bits per heavy atom. The second-order valence-electron chi connectivity index (χ2n) is 7.60. The Labute approximate surface area is 187 Å². The Morgan fingerprint density at radius 3 is 2.16 bits per heavy atom. The molecule has 1 N–H and O–H groups in total. The third kappa shape index (κ3) is 14.1. The van der Waals surface area contributed by atoms with Crippen molar-refractivity contribution in [3.8, 4) is 11.5 Å². The van der Waals surface area contributed by atoms with E-state index >= 15 is 0 Å². The maximum atomic E-state index is 10.8. The number of carbonyl (C=O) groups is 2. The Kier molecular flexibility index (Phi) is 15.6. The molecular weight excluding hydrogens is 392 g/mol. The van der Waals surface area contributed by atoms with Crippen LogP contribution in [0.1, 0.15) is 87.4 Å². The summed E-state index contributed by atoms with van der Waals surface area (Å²) in [6, 6.07) is 5.20. The van der Waals surface area contributed by atoms with Crippen molar-refractivity contribution in [3.05, 3.63) is 48.1 Å². The molecule has 0 aliphatic rings. The number of hydrogen-bond donors (Lipinski definition) is 1. The van der Waals surface area contributed by atoms with Crippen LogP contribution >= 0.6 is 0 Å². The molecule has 5 nitrogen and oxygen atoms in total. The summed E-state index contributed by atoms with van der Waals surface area (Å²) in [4.78, 5) is 21.2. The van der Waals surface area contributed by atoms with Gasteiger partial charge >= 0.3 is 5.97 Å². The zero-order valence-electron chi connectivity index (χ0n) is 18.9. The van der Waals surface area contributed by atoms with Crippen molar-refractivity contribution >= 4 is 12.3 Å². The number of methoxy groups -OCH3 is 1. The minimum atomic E-state index is -0.690. The second kappa shape index (κ2) is 18.2. The summed E-state index contributed by atoms with van der Waals surface area (Å²) in [5.74, 6) is 0.583. The highest BCUT2D eigenvalue weighted by atomic mass is 16.5. The molecule has 0 amide bonds. The fraction of sp³-hybridized carbons (Fsp3) is 0.538. The van der Waals surface area contributed by atoms with E-state index in [1.54, 1.807) is 25.3 Å². The van der Waals surface area contributed by atoms with Gasteiger partial charge in [0.25, 0.3) is 0 Å². The molecule has 1 aromatic carbocycles. The first-order chi connectivity index (χ1) is 15.2. The molecule has 5 heteroatoms. The van der Waals surface area contributed by atoms with Crippen LogP contribution in [0.2, 0.25) is 0 Å². The molecule has 0 unspecified atom stereocenters. The van der Waals surface area contributed by atoms with E-state index in [0.717, 1.165) is 64.1 Å². The summed E-state index contributed by atoms with van der Waals surface area (Å²) >= 11 is 0.